The quantitative estimate of drug-likeness (QED) is 0.579. The molecule has 3 rings (SSSR count). The van der Waals surface area contributed by atoms with Crippen molar-refractivity contribution < 1.29 is 9.18 Å². The first-order valence-electron chi connectivity index (χ1n) is 7.51. The van der Waals surface area contributed by atoms with E-state index in [2.05, 4.69) is 20.8 Å². The van der Waals surface area contributed by atoms with Gasteiger partial charge in [0.1, 0.15) is 11.3 Å². The van der Waals surface area contributed by atoms with Gasteiger partial charge in [0.25, 0.3) is 0 Å². The zero-order chi connectivity index (χ0) is 16.9. The Hall–Kier alpha value is -3.09. The molecule has 0 fully saturated rings. The monoisotopic (exact) mass is 325 g/mol. The van der Waals surface area contributed by atoms with Crippen molar-refractivity contribution in [3.63, 3.8) is 0 Å². The van der Waals surface area contributed by atoms with E-state index in [4.69, 9.17) is 0 Å². The van der Waals surface area contributed by atoms with Crippen LogP contribution in [0.1, 0.15) is 18.9 Å². The molecule has 0 spiro atoms. The molecule has 122 valence electrons. The van der Waals surface area contributed by atoms with Crippen LogP contribution in [0.25, 0.3) is 11.0 Å². The summed E-state index contributed by atoms with van der Waals surface area (Å²) in [5, 5.41) is 12.1. The lowest BCUT2D eigenvalue weighted by atomic mass is 10.1. The Morgan fingerprint density at radius 2 is 1.96 bits per heavy atom. The van der Waals surface area contributed by atoms with E-state index in [1.165, 1.54) is 12.1 Å². The fraction of sp³-hybridized carbons (Fsp3) is 0.176. The molecule has 1 heterocycles. The molecule has 24 heavy (non-hydrogen) atoms. The molecular formula is C17H16FN5O. The SMILES string of the molecule is C/C(=N\NC(=O)CCn1nnc2ccccc21)c1ccc(F)cc1. The third-order valence-electron chi connectivity index (χ3n) is 3.58. The molecule has 0 aliphatic rings. The number of carbonyl (C=O) groups excluding carboxylic acids is 1. The van der Waals surface area contributed by atoms with Crippen molar-refractivity contribution in [1.82, 2.24) is 20.4 Å². The molecule has 0 radical (unpaired) electrons. The van der Waals surface area contributed by atoms with Crippen LogP contribution in [0.15, 0.2) is 53.6 Å². The summed E-state index contributed by atoms with van der Waals surface area (Å²) in [6.45, 7) is 2.16. The van der Waals surface area contributed by atoms with Crippen LogP contribution < -0.4 is 5.43 Å². The number of nitrogens with zero attached hydrogens (tertiary/aromatic N) is 4. The maximum atomic E-state index is 12.9. The Morgan fingerprint density at radius 1 is 1.21 bits per heavy atom. The number of hydrazone groups is 1. The van der Waals surface area contributed by atoms with Gasteiger partial charge in [-0.1, -0.05) is 29.5 Å². The number of aryl methyl sites for hydroxylation is 1. The molecule has 0 saturated carbocycles. The number of carbonyl (C=O) groups is 1. The van der Waals surface area contributed by atoms with Crippen LogP contribution in [0, 0.1) is 5.82 Å². The Kier molecular flexibility index (Phi) is 4.60. The molecule has 3 aromatic rings. The van der Waals surface area contributed by atoms with Crippen LogP contribution in [0.2, 0.25) is 0 Å². The van der Waals surface area contributed by atoms with Gasteiger partial charge in [-0.15, -0.1) is 5.10 Å². The lowest BCUT2D eigenvalue weighted by Crippen LogP contribution is -2.21. The van der Waals surface area contributed by atoms with E-state index in [-0.39, 0.29) is 18.1 Å². The fourth-order valence-electron chi connectivity index (χ4n) is 2.25. The maximum Gasteiger partial charge on any atom is 0.241 e. The van der Waals surface area contributed by atoms with Crippen LogP contribution in [-0.2, 0) is 11.3 Å². The summed E-state index contributed by atoms with van der Waals surface area (Å²) in [6, 6.07) is 13.5. The van der Waals surface area contributed by atoms with Gasteiger partial charge in [-0.05, 0) is 36.8 Å². The molecule has 1 N–H and O–H groups in total. The second kappa shape index (κ2) is 6.99. The van der Waals surface area contributed by atoms with E-state index in [0.29, 0.717) is 12.3 Å². The summed E-state index contributed by atoms with van der Waals surface area (Å²) in [4.78, 5) is 11.9. The second-order valence-electron chi connectivity index (χ2n) is 5.29. The fourth-order valence-corrected chi connectivity index (χ4v) is 2.25. The number of benzene rings is 2. The van der Waals surface area contributed by atoms with Crippen molar-refractivity contribution in [2.45, 2.75) is 19.9 Å². The molecule has 1 aromatic heterocycles. The summed E-state index contributed by atoms with van der Waals surface area (Å²) in [7, 11) is 0. The van der Waals surface area contributed by atoms with Gasteiger partial charge in [0.15, 0.2) is 0 Å². The van der Waals surface area contributed by atoms with E-state index in [0.717, 1.165) is 16.6 Å². The van der Waals surface area contributed by atoms with Gasteiger partial charge in [0.2, 0.25) is 5.91 Å². The van der Waals surface area contributed by atoms with Gasteiger partial charge in [-0.3, -0.25) is 4.79 Å². The number of nitrogens with one attached hydrogen (secondary N) is 1. The van der Waals surface area contributed by atoms with Crippen molar-refractivity contribution in [1.29, 1.82) is 0 Å². The molecule has 6 nitrogen and oxygen atoms in total. The number of fused-ring (bicyclic) bond motifs is 1. The van der Waals surface area contributed by atoms with Gasteiger partial charge >= 0.3 is 0 Å². The van der Waals surface area contributed by atoms with Crippen LogP contribution >= 0.6 is 0 Å². The molecule has 0 aliphatic heterocycles. The number of aromatic nitrogens is 3. The number of amides is 1. The standard InChI is InChI=1S/C17H16FN5O/c1-12(13-6-8-14(18)9-7-13)19-21-17(24)10-11-23-16-5-3-2-4-15(16)20-22-23/h2-9H,10-11H2,1H3,(H,21,24)/b19-12+. The zero-order valence-electron chi connectivity index (χ0n) is 13.1. The van der Waals surface area contributed by atoms with Crippen molar-refractivity contribution in [2.75, 3.05) is 0 Å². The highest BCUT2D eigenvalue weighted by molar-refractivity contribution is 5.99. The van der Waals surface area contributed by atoms with Crippen molar-refractivity contribution >= 4 is 22.7 Å². The van der Waals surface area contributed by atoms with E-state index in [9.17, 15) is 9.18 Å². The average Bonchev–Trinajstić information content (AvgIpc) is 3.01. The van der Waals surface area contributed by atoms with Crippen LogP contribution in [0.3, 0.4) is 0 Å². The van der Waals surface area contributed by atoms with Gasteiger partial charge < -0.3 is 0 Å². The maximum absolute atomic E-state index is 12.9. The summed E-state index contributed by atoms with van der Waals surface area (Å²) in [5.74, 6) is -0.535. The normalized spacial score (nSPS) is 11.7. The number of rotatable bonds is 5. The molecule has 0 atom stereocenters. The summed E-state index contributed by atoms with van der Waals surface area (Å²) in [6.07, 6.45) is 0.230. The first kappa shape index (κ1) is 15.8. The van der Waals surface area contributed by atoms with E-state index in [1.807, 2.05) is 24.3 Å². The molecule has 0 aliphatic carbocycles. The molecule has 0 unspecified atom stereocenters. The Bertz CT molecular complexity index is 885. The number of para-hydroxylation sites is 1. The van der Waals surface area contributed by atoms with E-state index < -0.39 is 0 Å². The van der Waals surface area contributed by atoms with Crippen molar-refractivity contribution in [3.05, 3.63) is 59.9 Å². The highest BCUT2D eigenvalue weighted by Gasteiger charge is 2.06. The van der Waals surface area contributed by atoms with Gasteiger partial charge in [0.05, 0.1) is 17.8 Å². The number of halogens is 1. The molecule has 7 heteroatoms. The Morgan fingerprint density at radius 3 is 2.75 bits per heavy atom. The Labute approximate surface area is 138 Å². The van der Waals surface area contributed by atoms with Crippen LogP contribution in [0.4, 0.5) is 4.39 Å². The third-order valence-corrected chi connectivity index (χ3v) is 3.58. The zero-order valence-corrected chi connectivity index (χ0v) is 13.1. The molecule has 0 bridgehead atoms. The Balaban J connectivity index is 1.57. The average molecular weight is 325 g/mol. The van der Waals surface area contributed by atoms with E-state index in [1.54, 1.807) is 23.7 Å². The van der Waals surface area contributed by atoms with Crippen LogP contribution in [0.5, 0.6) is 0 Å². The minimum Gasteiger partial charge on any atom is -0.273 e. The lowest BCUT2D eigenvalue weighted by Gasteiger charge is -2.04. The predicted molar refractivity (Wildman–Crippen MR) is 88.9 cm³/mol. The van der Waals surface area contributed by atoms with Crippen molar-refractivity contribution in [2.24, 2.45) is 5.10 Å². The summed E-state index contributed by atoms with van der Waals surface area (Å²) >= 11 is 0. The summed E-state index contributed by atoms with van der Waals surface area (Å²) in [5.41, 5.74) is 5.53. The second-order valence-corrected chi connectivity index (χ2v) is 5.29. The third kappa shape index (κ3) is 3.62. The predicted octanol–water partition coefficient (Wildman–Crippen LogP) is 2.50. The topological polar surface area (TPSA) is 72.2 Å². The number of hydrogen-bond acceptors (Lipinski definition) is 4. The van der Waals surface area contributed by atoms with Gasteiger partial charge in [0, 0.05) is 6.42 Å². The molecule has 0 saturated heterocycles. The van der Waals surface area contributed by atoms with Gasteiger partial charge in [-0.2, -0.15) is 5.10 Å². The smallest absolute Gasteiger partial charge is 0.241 e. The highest BCUT2D eigenvalue weighted by Crippen LogP contribution is 2.10. The highest BCUT2D eigenvalue weighted by atomic mass is 19.1. The first-order valence-corrected chi connectivity index (χ1v) is 7.51. The lowest BCUT2D eigenvalue weighted by molar-refractivity contribution is -0.121. The minimum absolute atomic E-state index is 0.226. The first-order chi connectivity index (χ1) is 11.6. The van der Waals surface area contributed by atoms with E-state index >= 15 is 0 Å². The van der Waals surface area contributed by atoms with Gasteiger partial charge in [-0.25, -0.2) is 14.5 Å². The largest absolute Gasteiger partial charge is 0.273 e. The number of hydrogen-bond donors (Lipinski definition) is 1. The molecular weight excluding hydrogens is 309 g/mol. The minimum atomic E-state index is -0.310. The van der Waals surface area contributed by atoms with Crippen LogP contribution in [-0.4, -0.2) is 26.6 Å². The molecule has 2 aromatic carbocycles. The molecule has 1 amide bonds. The van der Waals surface area contributed by atoms with Crippen molar-refractivity contribution in [3.8, 4) is 0 Å². The summed E-state index contributed by atoms with van der Waals surface area (Å²) < 4.78 is 14.6.